The van der Waals surface area contributed by atoms with Crippen molar-refractivity contribution < 1.29 is 8.78 Å². The van der Waals surface area contributed by atoms with Gasteiger partial charge in [-0.1, -0.05) is 35.3 Å². The van der Waals surface area contributed by atoms with Crippen LogP contribution in [-0.4, -0.2) is 19.6 Å². The number of fused-ring (bicyclic) bond motifs is 1. The number of halogens is 4. The molecule has 4 rings (SSSR count). The van der Waals surface area contributed by atoms with E-state index in [1.165, 1.54) is 22.7 Å². The number of H-pyrrole nitrogens is 1. The zero-order chi connectivity index (χ0) is 19.3. The minimum atomic E-state index is -0.764. The molecule has 0 spiro atoms. The van der Waals surface area contributed by atoms with Crippen molar-refractivity contribution in [1.29, 1.82) is 0 Å². The van der Waals surface area contributed by atoms with E-state index in [-0.39, 0.29) is 27.4 Å². The Labute approximate surface area is 161 Å². The number of benzene rings is 1. The largest absolute Gasteiger partial charge is 0.339 e. The average molecular weight is 407 g/mol. The minimum Gasteiger partial charge on any atom is -0.339 e. The van der Waals surface area contributed by atoms with Crippen LogP contribution in [-0.2, 0) is 0 Å². The molecule has 0 amide bonds. The van der Waals surface area contributed by atoms with E-state index in [0.717, 1.165) is 6.07 Å². The maximum Gasteiger partial charge on any atom is 0.274 e. The van der Waals surface area contributed by atoms with E-state index >= 15 is 0 Å². The summed E-state index contributed by atoms with van der Waals surface area (Å²) in [6.45, 7) is 1.73. The van der Waals surface area contributed by atoms with Crippen LogP contribution < -0.4 is 5.56 Å². The fraction of sp³-hybridized carbons (Fsp3) is 0.0556. The van der Waals surface area contributed by atoms with E-state index in [1.807, 2.05) is 0 Å². The molecule has 0 aliphatic carbocycles. The highest BCUT2D eigenvalue weighted by Gasteiger charge is 2.18. The van der Waals surface area contributed by atoms with Crippen molar-refractivity contribution in [2.45, 2.75) is 6.92 Å². The smallest absolute Gasteiger partial charge is 0.274 e. The van der Waals surface area contributed by atoms with Gasteiger partial charge in [-0.3, -0.25) is 4.79 Å². The standard InChI is InChI=1S/C18H10Cl2F2N4O/c1-8-15(9-2-4-10(21)5-3-9)18-23-13(7-14(27)26(18)25-8)11-6-12(22)17(20)24-16(11)19/h2-7,23H,1H3. The first-order chi connectivity index (χ1) is 12.8. The van der Waals surface area contributed by atoms with Gasteiger partial charge in [0.1, 0.15) is 16.6 Å². The number of aromatic nitrogens is 4. The summed E-state index contributed by atoms with van der Waals surface area (Å²) in [7, 11) is 0. The lowest BCUT2D eigenvalue weighted by Gasteiger charge is -2.07. The van der Waals surface area contributed by atoms with Gasteiger partial charge in [0.15, 0.2) is 11.0 Å². The third-order valence-corrected chi connectivity index (χ3v) is 4.65. The molecule has 0 bridgehead atoms. The van der Waals surface area contributed by atoms with Gasteiger partial charge in [0.25, 0.3) is 5.56 Å². The molecule has 0 radical (unpaired) electrons. The molecule has 3 heterocycles. The van der Waals surface area contributed by atoms with Crippen molar-refractivity contribution in [3.8, 4) is 22.4 Å². The minimum absolute atomic E-state index is 0.0547. The van der Waals surface area contributed by atoms with E-state index in [9.17, 15) is 13.6 Å². The number of rotatable bonds is 2. The zero-order valence-corrected chi connectivity index (χ0v) is 15.2. The topological polar surface area (TPSA) is 63.1 Å². The van der Waals surface area contributed by atoms with Gasteiger partial charge in [0.05, 0.1) is 11.4 Å². The van der Waals surface area contributed by atoms with Crippen LogP contribution in [0.25, 0.3) is 28.0 Å². The number of hydrogen-bond donors (Lipinski definition) is 1. The molecule has 5 nitrogen and oxygen atoms in total. The number of nitrogens with one attached hydrogen (secondary N) is 1. The van der Waals surface area contributed by atoms with Crippen LogP contribution >= 0.6 is 23.2 Å². The van der Waals surface area contributed by atoms with Crippen molar-refractivity contribution in [2.75, 3.05) is 0 Å². The number of pyridine rings is 1. The Morgan fingerprint density at radius 2 is 1.78 bits per heavy atom. The van der Waals surface area contributed by atoms with Gasteiger partial charge in [-0.05, 0) is 30.7 Å². The summed E-state index contributed by atoms with van der Waals surface area (Å²) in [5.41, 5.74) is 2.22. The molecule has 0 saturated carbocycles. The van der Waals surface area contributed by atoms with Gasteiger partial charge in [-0.15, -0.1) is 0 Å². The molecule has 1 N–H and O–H groups in total. The Kier molecular flexibility index (Phi) is 4.20. The van der Waals surface area contributed by atoms with Crippen molar-refractivity contribution in [1.82, 2.24) is 19.6 Å². The second-order valence-electron chi connectivity index (χ2n) is 5.85. The Morgan fingerprint density at radius 1 is 1.07 bits per heavy atom. The lowest BCUT2D eigenvalue weighted by atomic mass is 10.1. The zero-order valence-electron chi connectivity index (χ0n) is 13.7. The Bertz CT molecular complexity index is 1250. The van der Waals surface area contributed by atoms with Gasteiger partial charge in [0, 0.05) is 17.2 Å². The Hall–Kier alpha value is -2.77. The average Bonchev–Trinajstić information content (AvgIpc) is 2.95. The maximum atomic E-state index is 13.8. The Balaban J connectivity index is 2.01. The van der Waals surface area contributed by atoms with Crippen LogP contribution in [0, 0.1) is 18.6 Å². The van der Waals surface area contributed by atoms with E-state index in [4.69, 9.17) is 23.2 Å². The second-order valence-corrected chi connectivity index (χ2v) is 6.56. The van der Waals surface area contributed by atoms with Crippen molar-refractivity contribution in [2.24, 2.45) is 0 Å². The normalized spacial score (nSPS) is 11.3. The van der Waals surface area contributed by atoms with E-state index in [0.29, 0.717) is 22.5 Å². The molecule has 1 aromatic carbocycles. The van der Waals surface area contributed by atoms with Gasteiger partial charge in [-0.2, -0.15) is 9.61 Å². The molecule has 0 aliphatic heterocycles. The van der Waals surface area contributed by atoms with Crippen LogP contribution in [0.2, 0.25) is 10.3 Å². The summed E-state index contributed by atoms with van der Waals surface area (Å²) in [6, 6.07) is 8.14. The van der Waals surface area contributed by atoms with Crippen LogP contribution in [0.5, 0.6) is 0 Å². The predicted molar refractivity (Wildman–Crippen MR) is 99.2 cm³/mol. The van der Waals surface area contributed by atoms with Gasteiger partial charge in [-0.25, -0.2) is 13.8 Å². The van der Waals surface area contributed by atoms with E-state index < -0.39 is 11.4 Å². The van der Waals surface area contributed by atoms with E-state index in [2.05, 4.69) is 15.1 Å². The molecule has 0 saturated heterocycles. The van der Waals surface area contributed by atoms with Crippen molar-refractivity contribution >= 4 is 28.8 Å². The summed E-state index contributed by atoms with van der Waals surface area (Å²) < 4.78 is 28.3. The van der Waals surface area contributed by atoms with Crippen LogP contribution in [0.3, 0.4) is 0 Å². The molecule has 27 heavy (non-hydrogen) atoms. The van der Waals surface area contributed by atoms with E-state index in [1.54, 1.807) is 19.1 Å². The van der Waals surface area contributed by atoms with Gasteiger partial charge in [0.2, 0.25) is 0 Å². The van der Waals surface area contributed by atoms with Crippen LogP contribution in [0.15, 0.2) is 41.2 Å². The quantitative estimate of drug-likeness (QED) is 0.493. The highest BCUT2D eigenvalue weighted by atomic mass is 35.5. The number of aryl methyl sites for hydroxylation is 1. The summed E-state index contributed by atoms with van der Waals surface area (Å²) in [5.74, 6) is -1.14. The summed E-state index contributed by atoms with van der Waals surface area (Å²) >= 11 is 11.7. The monoisotopic (exact) mass is 406 g/mol. The fourth-order valence-electron chi connectivity index (χ4n) is 2.89. The predicted octanol–water partition coefficient (Wildman–Crippen LogP) is 4.65. The summed E-state index contributed by atoms with van der Waals surface area (Å²) in [4.78, 5) is 19.3. The first kappa shape index (κ1) is 17.6. The maximum absolute atomic E-state index is 13.8. The van der Waals surface area contributed by atoms with Gasteiger partial charge < -0.3 is 4.98 Å². The first-order valence-electron chi connectivity index (χ1n) is 7.75. The highest BCUT2D eigenvalue weighted by molar-refractivity contribution is 6.34. The molecular formula is C18H10Cl2F2N4O. The van der Waals surface area contributed by atoms with Crippen molar-refractivity contribution in [3.05, 3.63) is 74.4 Å². The lowest BCUT2D eigenvalue weighted by Crippen LogP contribution is -2.14. The van der Waals surface area contributed by atoms with Crippen LogP contribution in [0.4, 0.5) is 8.78 Å². The lowest BCUT2D eigenvalue weighted by molar-refractivity contribution is 0.622. The molecule has 0 fully saturated rings. The highest BCUT2D eigenvalue weighted by Crippen LogP contribution is 2.31. The second kappa shape index (κ2) is 6.44. The summed E-state index contributed by atoms with van der Waals surface area (Å²) in [5, 5.41) is 3.82. The van der Waals surface area contributed by atoms with Crippen LogP contribution in [0.1, 0.15) is 5.69 Å². The molecule has 0 atom stereocenters. The number of hydrogen-bond acceptors (Lipinski definition) is 3. The fourth-order valence-corrected chi connectivity index (χ4v) is 3.32. The third-order valence-electron chi connectivity index (χ3n) is 4.10. The molecule has 3 aromatic heterocycles. The number of aromatic amines is 1. The first-order valence-corrected chi connectivity index (χ1v) is 8.51. The Morgan fingerprint density at radius 3 is 2.48 bits per heavy atom. The molecular weight excluding hydrogens is 397 g/mol. The molecule has 0 aliphatic rings. The molecule has 9 heteroatoms. The number of nitrogens with zero attached hydrogens (tertiary/aromatic N) is 3. The molecule has 4 aromatic rings. The van der Waals surface area contributed by atoms with Gasteiger partial charge >= 0.3 is 0 Å². The van der Waals surface area contributed by atoms with Crippen molar-refractivity contribution in [3.63, 3.8) is 0 Å². The SMILES string of the molecule is Cc1nn2c(=O)cc(-c3cc(F)c(Cl)nc3Cl)[nH]c2c1-c1ccc(F)cc1. The summed E-state index contributed by atoms with van der Waals surface area (Å²) in [6.07, 6.45) is 0. The molecule has 0 unspecified atom stereocenters. The third kappa shape index (κ3) is 2.98. The molecule has 136 valence electrons.